The molecule has 1 heterocycles. The first-order chi connectivity index (χ1) is 14.4. The summed E-state index contributed by atoms with van der Waals surface area (Å²) in [5.41, 5.74) is 1.96. The monoisotopic (exact) mass is 432 g/mol. The topological polar surface area (TPSA) is 50.5 Å². The van der Waals surface area contributed by atoms with Gasteiger partial charge in [0.1, 0.15) is 45.1 Å². The van der Waals surface area contributed by atoms with E-state index in [1.807, 2.05) is 74.4 Å². The summed E-state index contributed by atoms with van der Waals surface area (Å²) in [7, 11) is 4.01. The van der Waals surface area contributed by atoms with E-state index in [0.717, 1.165) is 54.9 Å². The van der Waals surface area contributed by atoms with Gasteiger partial charge >= 0.3 is 0 Å². The van der Waals surface area contributed by atoms with E-state index < -0.39 is 0 Å². The van der Waals surface area contributed by atoms with Crippen molar-refractivity contribution in [3.8, 4) is 5.75 Å². The molecular weight excluding hydrogens is 400 g/mol. The van der Waals surface area contributed by atoms with Gasteiger partial charge in [-0.05, 0) is 55.5 Å². The predicted molar refractivity (Wildman–Crippen MR) is 122 cm³/mol. The van der Waals surface area contributed by atoms with Crippen LogP contribution in [0.5, 0.6) is 5.75 Å². The summed E-state index contributed by atoms with van der Waals surface area (Å²) >= 11 is 5.90. The van der Waals surface area contributed by atoms with Gasteiger partial charge in [-0.1, -0.05) is 11.6 Å². The molecular formula is C23H33ClN4O2+2. The number of piperazine rings is 1. The average Bonchev–Trinajstić information content (AvgIpc) is 2.75. The van der Waals surface area contributed by atoms with Crippen molar-refractivity contribution in [1.29, 1.82) is 0 Å². The van der Waals surface area contributed by atoms with E-state index in [2.05, 4.69) is 5.32 Å². The van der Waals surface area contributed by atoms with Gasteiger partial charge in [-0.15, -0.1) is 0 Å². The fourth-order valence-electron chi connectivity index (χ4n) is 3.73. The molecule has 2 aromatic rings. The normalized spacial score (nSPS) is 19.7. The van der Waals surface area contributed by atoms with Crippen LogP contribution in [-0.2, 0) is 4.79 Å². The van der Waals surface area contributed by atoms with E-state index in [-0.39, 0.29) is 11.9 Å². The molecule has 6 nitrogen and oxygen atoms in total. The number of nitrogens with one attached hydrogen (secondary N) is 3. The Morgan fingerprint density at radius 2 is 1.70 bits per heavy atom. The number of carbonyl (C=O) groups is 1. The highest BCUT2D eigenvalue weighted by molar-refractivity contribution is 6.30. The summed E-state index contributed by atoms with van der Waals surface area (Å²) in [5.74, 6) is 0.934. The maximum Gasteiger partial charge on any atom is 0.282 e. The number of benzene rings is 2. The number of anilines is 2. The largest absolute Gasteiger partial charge is 0.488 e. The number of carbonyl (C=O) groups excluding carboxylic acids is 1. The fraction of sp³-hybridized carbons (Fsp3) is 0.435. The molecule has 0 aromatic heterocycles. The maximum atomic E-state index is 12.7. The van der Waals surface area contributed by atoms with E-state index in [4.69, 9.17) is 16.3 Å². The molecule has 0 saturated carbocycles. The predicted octanol–water partition coefficient (Wildman–Crippen LogP) is 0.595. The molecule has 1 saturated heterocycles. The number of hydrogen-bond donors (Lipinski definition) is 3. The standard InChI is InChI=1S/C23H31ClN4O2/c1-18(23(29)25-20-6-8-21(9-7-20)26(2)3)28-14-12-27(13-15-28)16-17-30-22-10-4-19(24)5-11-22/h4-11,18H,12-17H2,1-3H3,(H,25,29)/p+2/t18-/m1/s1. The van der Waals surface area contributed by atoms with Gasteiger partial charge in [-0.2, -0.15) is 0 Å². The van der Waals surface area contributed by atoms with Crippen molar-refractivity contribution in [2.75, 3.05) is 63.6 Å². The summed E-state index contributed by atoms with van der Waals surface area (Å²) in [6.07, 6.45) is 0. The van der Waals surface area contributed by atoms with Crippen molar-refractivity contribution in [2.24, 2.45) is 0 Å². The third-order valence-corrected chi connectivity index (χ3v) is 6.05. The van der Waals surface area contributed by atoms with Gasteiger partial charge in [0.25, 0.3) is 5.91 Å². The highest BCUT2D eigenvalue weighted by atomic mass is 35.5. The van der Waals surface area contributed by atoms with Crippen LogP contribution in [0.25, 0.3) is 0 Å². The van der Waals surface area contributed by atoms with Crippen LogP contribution in [0.15, 0.2) is 48.5 Å². The molecule has 0 unspecified atom stereocenters. The van der Waals surface area contributed by atoms with Crippen LogP contribution < -0.4 is 24.8 Å². The Labute approximate surface area is 184 Å². The lowest BCUT2D eigenvalue weighted by Gasteiger charge is -2.32. The first-order valence-corrected chi connectivity index (χ1v) is 10.9. The van der Waals surface area contributed by atoms with Gasteiger partial charge in [0, 0.05) is 30.5 Å². The fourth-order valence-corrected chi connectivity index (χ4v) is 3.86. The summed E-state index contributed by atoms with van der Waals surface area (Å²) in [4.78, 5) is 17.6. The Bertz CT molecular complexity index is 803. The van der Waals surface area contributed by atoms with Crippen LogP contribution in [-0.4, -0.2) is 65.4 Å². The third-order valence-electron chi connectivity index (χ3n) is 5.79. The summed E-state index contributed by atoms with van der Waals surface area (Å²) in [6, 6.07) is 15.4. The summed E-state index contributed by atoms with van der Waals surface area (Å²) < 4.78 is 5.81. The van der Waals surface area contributed by atoms with Crippen molar-refractivity contribution < 1.29 is 19.3 Å². The lowest BCUT2D eigenvalue weighted by Crippen LogP contribution is -3.30. The van der Waals surface area contributed by atoms with Crippen molar-refractivity contribution in [2.45, 2.75) is 13.0 Å². The molecule has 1 aliphatic rings. The lowest BCUT2D eigenvalue weighted by atomic mass is 10.2. The molecule has 7 heteroatoms. The molecule has 0 radical (unpaired) electrons. The quantitative estimate of drug-likeness (QED) is 0.572. The molecule has 3 N–H and O–H groups in total. The number of halogens is 1. The highest BCUT2D eigenvalue weighted by Crippen LogP contribution is 2.16. The number of nitrogens with zero attached hydrogens (tertiary/aromatic N) is 1. The zero-order valence-electron chi connectivity index (χ0n) is 18.1. The Kier molecular flexibility index (Phi) is 7.96. The Balaban J connectivity index is 1.39. The Morgan fingerprint density at radius 3 is 2.30 bits per heavy atom. The minimum absolute atomic E-state index is 0.0645. The number of amides is 1. The van der Waals surface area contributed by atoms with Gasteiger partial charge in [-0.3, -0.25) is 4.79 Å². The molecule has 2 aromatic carbocycles. The first kappa shape index (κ1) is 22.4. The third kappa shape index (κ3) is 6.36. The van der Waals surface area contributed by atoms with Crippen LogP contribution in [0.2, 0.25) is 5.02 Å². The molecule has 0 bridgehead atoms. The molecule has 30 heavy (non-hydrogen) atoms. The molecule has 1 amide bonds. The summed E-state index contributed by atoms with van der Waals surface area (Å²) in [5, 5.41) is 3.78. The highest BCUT2D eigenvalue weighted by Gasteiger charge is 2.30. The number of hydrogen-bond acceptors (Lipinski definition) is 3. The molecule has 1 fully saturated rings. The smallest absolute Gasteiger partial charge is 0.282 e. The Hall–Kier alpha value is -2.28. The maximum absolute atomic E-state index is 12.7. The van der Waals surface area contributed by atoms with Crippen molar-refractivity contribution in [3.63, 3.8) is 0 Å². The van der Waals surface area contributed by atoms with Crippen LogP contribution >= 0.6 is 11.6 Å². The average molecular weight is 433 g/mol. The second kappa shape index (κ2) is 10.7. The van der Waals surface area contributed by atoms with Crippen LogP contribution in [0, 0.1) is 0 Å². The van der Waals surface area contributed by atoms with E-state index >= 15 is 0 Å². The van der Waals surface area contributed by atoms with E-state index in [1.54, 1.807) is 0 Å². The van der Waals surface area contributed by atoms with Crippen LogP contribution in [0.4, 0.5) is 11.4 Å². The minimum atomic E-state index is -0.0645. The van der Waals surface area contributed by atoms with E-state index in [0.29, 0.717) is 6.61 Å². The second-order valence-corrected chi connectivity index (χ2v) is 8.55. The minimum Gasteiger partial charge on any atom is -0.488 e. The zero-order valence-corrected chi connectivity index (χ0v) is 18.8. The van der Waals surface area contributed by atoms with Gasteiger partial charge in [0.15, 0.2) is 6.04 Å². The van der Waals surface area contributed by atoms with Gasteiger partial charge in [0.2, 0.25) is 0 Å². The first-order valence-electron chi connectivity index (χ1n) is 10.6. The van der Waals surface area contributed by atoms with Gasteiger partial charge < -0.3 is 24.8 Å². The molecule has 162 valence electrons. The molecule has 0 aliphatic carbocycles. The number of quaternary nitrogens is 2. The van der Waals surface area contributed by atoms with Gasteiger partial charge in [0.05, 0.1) is 0 Å². The Morgan fingerprint density at radius 1 is 1.07 bits per heavy atom. The summed E-state index contributed by atoms with van der Waals surface area (Å²) in [6.45, 7) is 7.76. The van der Waals surface area contributed by atoms with Gasteiger partial charge in [-0.25, -0.2) is 0 Å². The zero-order chi connectivity index (χ0) is 21.5. The molecule has 0 spiro atoms. The molecule has 3 rings (SSSR count). The second-order valence-electron chi connectivity index (χ2n) is 8.11. The van der Waals surface area contributed by atoms with E-state index in [9.17, 15) is 4.79 Å². The van der Waals surface area contributed by atoms with Crippen molar-refractivity contribution in [1.82, 2.24) is 0 Å². The van der Waals surface area contributed by atoms with E-state index in [1.165, 1.54) is 9.80 Å². The molecule has 1 atom stereocenters. The lowest BCUT2D eigenvalue weighted by molar-refractivity contribution is -1.02. The van der Waals surface area contributed by atoms with Crippen LogP contribution in [0.1, 0.15) is 6.92 Å². The SMILES string of the molecule is C[C@H](C(=O)Nc1ccc(N(C)C)cc1)[NH+]1CC[NH+](CCOc2ccc(Cl)cc2)CC1. The number of ether oxygens (including phenoxy) is 1. The van der Waals surface area contributed by atoms with Crippen LogP contribution in [0.3, 0.4) is 0 Å². The van der Waals surface area contributed by atoms with Crippen molar-refractivity contribution in [3.05, 3.63) is 53.6 Å². The molecule has 1 aliphatic heterocycles. The number of rotatable bonds is 8. The van der Waals surface area contributed by atoms with Crippen molar-refractivity contribution >= 4 is 28.9 Å².